The summed E-state index contributed by atoms with van der Waals surface area (Å²) in [6.07, 6.45) is -1.71. The molecule has 24 heavy (non-hydrogen) atoms. The van der Waals surface area contributed by atoms with E-state index in [-0.39, 0.29) is 26.2 Å². The molecule has 0 saturated carbocycles. The number of halogens is 1. The lowest BCUT2D eigenvalue weighted by molar-refractivity contribution is 0.0561. The second-order valence-corrected chi connectivity index (χ2v) is 6.21. The van der Waals surface area contributed by atoms with Gasteiger partial charge in [0.2, 0.25) is 0 Å². The Bertz CT molecular complexity index is 612. The summed E-state index contributed by atoms with van der Waals surface area (Å²) < 4.78 is 11.8. The van der Waals surface area contributed by atoms with Crippen LogP contribution in [0.25, 0.3) is 0 Å². The minimum Gasteiger partial charge on any atom is -0.493 e. The number of ether oxygens (including phenoxy) is 2. The van der Waals surface area contributed by atoms with Crippen LogP contribution in [-0.4, -0.2) is 71.6 Å². The second-order valence-electron chi connectivity index (χ2n) is 5.29. The van der Waals surface area contributed by atoms with E-state index in [1.54, 1.807) is 12.1 Å². The molecule has 0 spiro atoms. The Hall–Kier alpha value is -2.16. The quantitative estimate of drug-likeness (QED) is 0.784. The van der Waals surface area contributed by atoms with Gasteiger partial charge in [0, 0.05) is 30.5 Å². The average Bonchev–Trinajstić information content (AvgIpc) is 2.55. The van der Waals surface area contributed by atoms with E-state index in [4.69, 9.17) is 14.6 Å². The molecule has 1 fully saturated rings. The van der Waals surface area contributed by atoms with E-state index in [1.165, 1.54) is 16.9 Å². The lowest BCUT2D eigenvalue weighted by Gasteiger charge is -2.38. The molecule has 1 aromatic rings. The summed E-state index contributed by atoms with van der Waals surface area (Å²) in [4.78, 5) is 24.9. The van der Waals surface area contributed by atoms with Gasteiger partial charge in [-0.15, -0.1) is 0 Å². The van der Waals surface area contributed by atoms with E-state index < -0.39 is 18.2 Å². The molecule has 1 atom stereocenters. The monoisotopic (exact) mass is 402 g/mol. The molecule has 8 nitrogen and oxygen atoms in total. The van der Waals surface area contributed by atoms with Crippen LogP contribution < -0.4 is 9.47 Å². The molecular formula is C15H19BrN2O6. The highest BCUT2D eigenvalue weighted by Gasteiger charge is 2.32. The average molecular weight is 403 g/mol. The van der Waals surface area contributed by atoms with Crippen molar-refractivity contribution in [2.45, 2.75) is 12.5 Å². The number of piperazine rings is 1. The van der Waals surface area contributed by atoms with Crippen molar-refractivity contribution in [2.75, 3.05) is 33.4 Å². The minimum absolute atomic E-state index is 0.141. The molecule has 2 amide bonds. The van der Waals surface area contributed by atoms with Crippen molar-refractivity contribution in [3.63, 3.8) is 0 Å². The van der Waals surface area contributed by atoms with E-state index in [1.807, 2.05) is 6.07 Å². The number of rotatable bonds is 5. The lowest BCUT2D eigenvalue weighted by Crippen LogP contribution is -2.56. The highest BCUT2D eigenvalue weighted by molar-refractivity contribution is 9.10. The lowest BCUT2D eigenvalue weighted by atomic mass is 10.1. The molecule has 0 unspecified atom stereocenters. The van der Waals surface area contributed by atoms with E-state index in [0.717, 1.165) is 4.47 Å². The van der Waals surface area contributed by atoms with Crippen molar-refractivity contribution in [1.29, 1.82) is 0 Å². The number of methoxy groups -OCH3 is 1. The third kappa shape index (κ3) is 4.44. The van der Waals surface area contributed by atoms with Crippen LogP contribution in [0.2, 0.25) is 0 Å². The third-order valence-electron chi connectivity index (χ3n) is 3.83. The Kier molecular flexibility index (Phi) is 6.13. The van der Waals surface area contributed by atoms with Gasteiger partial charge in [-0.2, -0.15) is 0 Å². The summed E-state index contributed by atoms with van der Waals surface area (Å²) in [5.74, 6) is 1.11. The van der Waals surface area contributed by atoms with E-state index >= 15 is 0 Å². The van der Waals surface area contributed by atoms with Crippen LogP contribution in [0.4, 0.5) is 9.59 Å². The Morgan fingerprint density at radius 2 is 2.00 bits per heavy atom. The fourth-order valence-corrected chi connectivity index (χ4v) is 2.93. The molecule has 0 aromatic heterocycles. The zero-order valence-electron chi connectivity index (χ0n) is 13.1. The first kappa shape index (κ1) is 18.2. The zero-order chi connectivity index (χ0) is 17.7. The Morgan fingerprint density at radius 3 is 2.62 bits per heavy atom. The number of amides is 2. The van der Waals surface area contributed by atoms with Crippen LogP contribution in [0.15, 0.2) is 22.7 Å². The minimum atomic E-state index is -1.05. The van der Waals surface area contributed by atoms with E-state index in [0.29, 0.717) is 17.9 Å². The number of hydrogen-bond donors (Lipinski definition) is 2. The summed E-state index contributed by atoms with van der Waals surface area (Å²) in [7, 11) is 1.53. The molecular weight excluding hydrogens is 384 g/mol. The van der Waals surface area contributed by atoms with Gasteiger partial charge in [-0.05, 0) is 18.2 Å². The summed E-state index contributed by atoms with van der Waals surface area (Å²) in [5, 5.41) is 18.3. The third-order valence-corrected chi connectivity index (χ3v) is 4.33. The van der Waals surface area contributed by atoms with Gasteiger partial charge >= 0.3 is 12.2 Å². The Morgan fingerprint density at radius 1 is 1.25 bits per heavy atom. The molecule has 132 valence electrons. The molecule has 1 saturated heterocycles. The highest BCUT2D eigenvalue weighted by atomic mass is 79.9. The maximum absolute atomic E-state index is 11.3. The Balaban J connectivity index is 1.97. The SMILES string of the molecule is COc1cc(Br)ccc1OCC[C@@H]1CN(C(=O)O)CCN1C(=O)O. The molecule has 0 bridgehead atoms. The normalized spacial score (nSPS) is 17.5. The summed E-state index contributed by atoms with van der Waals surface area (Å²) in [6.45, 7) is 0.732. The molecule has 0 radical (unpaired) electrons. The van der Waals surface area contributed by atoms with Crippen LogP contribution in [0, 0.1) is 0 Å². The number of nitrogens with zero attached hydrogens (tertiary/aromatic N) is 2. The van der Waals surface area contributed by atoms with Gasteiger partial charge in [-0.3, -0.25) is 0 Å². The molecule has 1 aliphatic rings. The van der Waals surface area contributed by atoms with Crippen LogP contribution >= 0.6 is 15.9 Å². The molecule has 1 aromatic carbocycles. The van der Waals surface area contributed by atoms with Gasteiger partial charge in [0.15, 0.2) is 11.5 Å². The van der Waals surface area contributed by atoms with Crippen LogP contribution in [-0.2, 0) is 0 Å². The van der Waals surface area contributed by atoms with Gasteiger partial charge in [-0.1, -0.05) is 15.9 Å². The van der Waals surface area contributed by atoms with Gasteiger partial charge < -0.3 is 29.5 Å². The van der Waals surface area contributed by atoms with Crippen LogP contribution in [0.3, 0.4) is 0 Å². The smallest absolute Gasteiger partial charge is 0.407 e. The van der Waals surface area contributed by atoms with Gasteiger partial charge in [0.1, 0.15) is 0 Å². The van der Waals surface area contributed by atoms with E-state index in [2.05, 4.69) is 15.9 Å². The van der Waals surface area contributed by atoms with Gasteiger partial charge in [-0.25, -0.2) is 9.59 Å². The van der Waals surface area contributed by atoms with Gasteiger partial charge in [0.25, 0.3) is 0 Å². The number of carbonyl (C=O) groups is 2. The number of carboxylic acid groups (broad SMARTS) is 2. The summed E-state index contributed by atoms with van der Waals surface area (Å²) in [5.41, 5.74) is 0. The molecule has 0 aliphatic carbocycles. The van der Waals surface area contributed by atoms with Crippen molar-refractivity contribution < 1.29 is 29.3 Å². The van der Waals surface area contributed by atoms with Crippen molar-refractivity contribution in [1.82, 2.24) is 9.80 Å². The largest absolute Gasteiger partial charge is 0.493 e. The first-order valence-corrected chi connectivity index (χ1v) is 8.15. The summed E-state index contributed by atoms with van der Waals surface area (Å²) in [6, 6.07) is 4.90. The predicted molar refractivity (Wildman–Crippen MR) is 88.9 cm³/mol. The van der Waals surface area contributed by atoms with Crippen molar-refractivity contribution in [2.24, 2.45) is 0 Å². The molecule has 2 N–H and O–H groups in total. The first-order valence-electron chi connectivity index (χ1n) is 7.36. The fraction of sp³-hybridized carbons (Fsp3) is 0.467. The fourth-order valence-electron chi connectivity index (χ4n) is 2.59. The molecule has 1 aliphatic heterocycles. The zero-order valence-corrected chi connectivity index (χ0v) is 14.7. The highest BCUT2D eigenvalue weighted by Crippen LogP contribution is 2.30. The van der Waals surface area contributed by atoms with Crippen molar-refractivity contribution in [3.05, 3.63) is 22.7 Å². The molecule has 2 rings (SSSR count). The van der Waals surface area contributed by atoms with Gasteiger partial charge in [0.05, 0.1) is 19.8 Å². The Labute approximate surface area is 147 Å². The predicted octanol–water partition coefficient (Wildman–Crippen LogP) is 2.57. The maximum Gasteiger partial charge on any atom is 0.407 e. The van der Waals surface area contributed by atoms with Crippen LogP contribution in [0.5, 0.6) is 11.5 Å². The maximum atomic E-state index is 11.3. The van der Waals surface area contributed by atoms with E-state index in [9.17, 15) is 14.7 Å². The number of hydrogen-bond acceptors (Lipinski definition) is 4. The van der Waals surface area contributed by atoms with Crippen molar-refractivity contribution >= 4 is 28.1 Å². The topological polar surface area (TPSA) is 99.5 Å². The van der Waals surface area contributed by atoms with Crippen molar-refractivity contribution in [3.8, 4) is 11.5 Å². The summed E-state index contributed by atoms with van der Waals surface area (Å²) >= 11 is 3.34. The number of benzene rings is 1. The molecule has 9 heteroatoms. The second kappa shape index (κ2) is 8.09. The molecule has 1 heterocycles. The van der Waals surface area contributed by atoms with Crippen LogP contribution in [0.1, 0.15) is 6.42 Å². The first-order chi connectivity index (χ1) is 11.4. The standard InChI is InChI=1S/C15H19BrN2O6/c1-23-13-8-10(16)2-3-12(13)24-7-4-11-9-17(14(19)20)5-6-18(11)15(21)22/h2-3,8,11H,4-7,9H2,1H3,(H,19,20)(H,21,22)/t11-/m1/s1.